The first-order valence-corrected chi connectivity index (χ1v) is 5.40. The first-order valence-electron chi connectivity index (χ1n) is 3.03. The van der Waals surface area contributed by atoms with E-state index in [1.165, 1.54) is 0 Å². The maximum atomic E-state index is 10.3. The molecular formula is C5H16Ba2O3S2. The predicted molar refractivity (Wildman–Crippen MR) is 59.5 cm³/mol. The number of hydrogen-bond acceptors (Lipinski definition) is 3. The molecule has 7 heteroatoms. The van der Waals surface area contributed by atoms with Crippen LogP contribution in [0.4, 0.5) is 0 Å². The van der Waals surface area contributed by atoms with Gasteiger partial charge in [0.15, 0.2) is 0 Å². The van der Waals surface area contributed by atoms with Gasteiger partial charge in [0.2, 0.25) is 0 Å². The van der Waals surface area contributed by atoms with Crippen molar-refractivity contribution in [1.82, 2.24) is 0 Å². The Balaban J connectivity index is -0.0000000270. The van der Waals surface area contributed by atoms with Gasteiger partial charge in [0.1, 0.15) is 0 Å². The monoisotopic (exact) mass is 464 g/mol. The summed E-state index contributed by atoms with van der Waals surface area (Å²) in [6.07, 6.45) is 0.758. The van der Waals surface area contributed by atoms with Gasteiger partial charge in [0, 0.05) is 11.2 Å². The molecule has 0 bridgehead atoms. The second kappa shape index (κ2) is 10.9. The third-order valence-corrected chi connectivity index (χ3v) is 1.68. The van der Waals surface area contributed by atoms with E-state index in [9.17, 15) is 4.21 Å². The van der Waals surface area contributed by atoms with E-state index in [0.29, 0.717) is 5.92 Å². The molecule has 0 fully saturated rings. The summed E-state index contributed by atoms with van der Waals surface area (Å²) < 4.78 is 23.2. The number of hydrogen-bond donors (Lipinski definition) is 1. The number of rotatable bonds is 4. The molecule has 0 aromatic heterocycles. The van der Waals surface area contributed by atoms with Crippen LogP contribution >= 0.6 is 0 Å². The Morgan fingerprint density at radius 1 is 1.58 bits per heavy atom. The van der Waals surface area contributed by atoms with Crippen molar-refractivity contribution < 1.29 is 18.7 Å². The van der Waals surface area contributed by atoms with Crippen LogP contribution in [0, 0.1) is 5.92 Å². The van der Waals surface area contributed by atoms with E-state index in [1.54, 1.807) is 0 Å². The van der Waals surface area contributed by atoms with Gasteiger partial charge >= 0.3 is 97.8 Å². The second-order valence-electron chi connectivity index (χ2n) is 2.43. The van der Waals surface area contributed by atoms with Crippen molar-refractivity contribution in [3.63, 3.8) is 0 Å². The fraction of sp³-hybridized carbons (Fsp3) is 1.00. The van der Waals surface area contributed by atoms with E-state index in [1.807, 2.05) is 13.8 Å². The average molecular weight is 463 g/mol. The molecule has 0 rings (SSSR count). The van der Waals surface area contributed by atoms with Crippen LogP contribution in [0.1, 0.15) is 26.0 Å². The molecular weight excluding hydrogens is 447 g/mol. The standard InChI is InChI=1S/C5H12O3S2.2Ba.4H/c1-5(2)3-4-8-10(6,7)9;;;;;;/h5H,3-4H2,1-2H3,(H,6,7,9);;;;;;/q;2*+2;4*-1. The Morgan fingerprint density at radius 3 is 2.25 bits per heavy atom. The molecule has 0 heterocycles. The van der Waals surface area contributed by atoms with Gasteiger partial charge in [-0.25, -0.2) is 0 Å². The summed E-state index contributed by atoms with van der Waals surface area (Å²) in [7, 11) is -3.39. The van der Waals surface area contributed by atoms with E-state index < -0.39 is 9.05 Å². The Morgan fingerprint density at radius 2 is 2.00 bits per heavy atom. The smallest absolute Gasteiger partial charge is 1.00 e. The summed E-state index contributed by atoms with van der Waals surface area (Å²) in [5, 5.41) is 0. The normalized spacial score (nSPS) is 14.3. The zero-order chi connectivity index (χ0) is 8.20. The molecule has 70 valence electrons. The topological polar surface area (TPSA) is 46.5 Å². The fourth-order valence-corrected chi connectivity index (χ4v) is 0.900. The van der Waals surface area contributed by atoms with Crippen LogP contribution in [-0.2, 0) is 24.4 Å². The van der Waals surface area contributed by atoms with Crippen molar-refractivity contribution in [3.8, 4) is 0 Å². The quantitative estimate of drug-likeness (QED) is 0.630. The molecule has 0 spiro atoms. The molecule has 0 aromatic carbocycles. The Bertz CT molecular complexity index is 192. The third kappa shape index (κ3) is 19.1. The Kier molecular flexibility index (Phi) is 19.0. The van der Waals surface area contributed by atoms with Gasteiger partial charge in [-0.05, 0) is 12.3 Å². The van der Waals surface area contributed by atoms with E-state index in [2.05, 4.69) is 15.4 Å². The minimum absolute atomic E-state index is 0. The summed E-state index contributed by atoms with van der Waals surface area (Å²) in [5.41, 5.74) is 0. The molecule has 0 aromatic rings. The fourth-order valence-electron chi connectivity index (χ4n) is 0.389. The summed E-state index contributed by atoms with van der Waals surface area (Å²) in [6, 6.07) is 0. The molecule has 3 nitrogen and oxygen atoms in total. The van der Waals surface area contributed by atoms with Crippen LogP contribution < -0.4 is 0 Å². The van der Waals surface area contributed by atoms with Gasteiger partial charge in [-0.2, -0.15) is 4.21 Å². The Labute approximate surface area is 166 Å². The van der Waals surface area contributed by atoms with Crippen LogP contribution in [0.2, 0.25) is 0 Å². The molecule has 12 heavy (non-hydrogen) atoms. The van der Waals surface area contributed by atoms with Gasteiger partial charge in [-0.3, -0.25) is 8.74 Å². The van der Waals surface area contributed by atoms with Gasteiger partial charge < -0.3 is 5.71 Å². The van der Waals surface area contributed by atoms with Crippen molar-refractivity contribution in [3.05, 3.63) is 0 Å². The molecule has 0 radical (unpaired) electrons. The van der Waals surface area contributed by atoms with Gasteiger partial charge in [-0.1, -0.05) is 13.8 Å². The average Bonchev–Trinajstić information content (AvgIpc) is 1.59. The summed E-state index contributed by atoms with van der Waals surface area (Å²) in [5.74, 6) is 0.469. The zero-order valence-corrected chi connectivity index (χ0v) is 18.0. The maximum Gasteiger partial charge on any atom is 2.00 e. The molecule has 0 aliphatic carbocycles. The van der Waals surface area contributed by atoms with Crippen LogP contribution in [0.3, 0.4) is 0 Å². The van der Waals surface area contributed by atoms with Gasteiger partial charge in [0.25, 0.3) is 9.05 Å². The van der Waals surface area contributed by atoms with Crippen molar-refractivity contribution in [2.75, 3.05) is 6.61 Å². The molecule has 0 saturated heterocycles. The van der Waals surface area contributed by atoms with E-state index >= 15 is 0 Å². The largest absolute Gasteiger partial charge is 2.00 e. The Hall–Kier alpha value is 3.43. The van der Waals surface area contributed by atoms with Crippen molar-refractivity contribution in [2.45, 2.75) is 20.3 Å². The van der Waals surface area contributed by atoms with E-state index in [4.69, 9.17) is 4.55 Å². The van der Waals surface area contributed by atoms with Crippen LogP contribution in [0.5, 0.6) is 0 Å². The van der Waals surface area contributed by atoms with Crippen molar-refractivity contribution >= 4 is 118 Å². The zero-order valence-electron chi connectivity index (χ0n) is 11.5. The van der Waals surface area contributed by atoms with Gasteiger partial charge in [-0.15, -0.1) is 0 Å². The maximum absolute atomic E-state index is 10.3. The minimum Gasteiger partial charge on any atom is -1.00 e. The molecule has 0 aliphatic rings. The molecule has 0 saturated carbocycles. The van der Waals surface area contributed by atoms with E-state index in [-0.39, 0.29) is 110 Å². The molecule has 1 N–H and O–H groups in total. The summed E-state index contributed by atoms with van der Waals surface area (Å²) in [4.78, 5) is 0. The van der Waals surface area contributed by atoms with Gasteiger partial charge in [0.05, 0.1) is 6.61 Å². The molecule has 0 amide bonds. The summed E-state index contributed by atoms with van der Waals surface area (Å²) in [6.45, 7) is 4.27. The first kappa shape index (κ1) is 20.8. The third-order valence-electron chi connectivity index (χ3n) is 0.927. The molecule has 1 unspecified atom stereocenters. The molecule has 0 aliphatic heterocycles. The molecule has 1 atom stereocenters. The van der Waals surface area contributed by atoms with Crippen LogP contribution in [0.15, 0.2) is 0 Å². The van der Waals surface area contributed by atoms with E-state index in [0.717, 1.165) is 6.42 Å². The van der Waals surface area contributed by atoms with Crippen molar-refractivity contribution in [2.24, 2.45) is 5.92 Å². The second-order valence-corrected chi connectivity index (χ2v) is 4.79. The summed E-state index contributed by atoms with van der Waals surface area (Å²) >= 11 is 4.10. The van der Waals surface area contributed by atoms with Crippen LogP contribution in [-0.4, -0.2) is 113 Å². The van der Waals surface area contributed by atoms with Crippen molar-refractivity contribution in [1.29, 1.82) is 0 Å². The minimum atomic E-state index is -3.39. The first-order chi connectivity index (χ1) is 4.42. The predicted octanol–water partition coefficient (Wildman–Crippen LogP) is 0.872. The van der Waals surface area contributed by atoms with Crippen LogP contribution in [0.25, 0.3) is 0 Å². The SMILES string of the molecule is CC(C)CCOS(=O)(O)=S.[Ba+2].[Ba+2].[H-].[H-].[H-].[H-].